The number of fused-ring (bicyclic) bond motifs is 1. The van der Waals surface area contributed by atoms with Crippen LogP contribution in [0, 0.1) is 0 Å². The Hall–Kier alpha value is -2.70. The maximum Gasteiger partial charge on any atom is 0.262 e. The summed E-state index contributed by atoms with van der Waals surface area (Å²) in [4.78, 5) is 33.7. The molecule has 0 spiro atoms. The number of nitrogens with zero attached hydrogens (tertiary/aromatic N) is 6. The van der Waals surface area contributed by atoms with Crippen molar-refractivity contribution < 1.29 is 4.79 Å². The van der Waals surface area contributed by atoms with Gasteiger partial charge in [0.1, 0.15) is 5.39 Å². The lowest BCUT2D eigenvalue weighted by atomic mass is 10.3. The highest BCUT2D eigenvalue weighted by Gasteiger charge is 2.18. The third kappa shape index (κ3) is 4.25. The Kier molecular flexibility index (Phi) is 6.16. The lowest BCUT2D eigenvalue weighted by Crippen LogP contribution is -2.28. The normalized spacial score (nSPS) is 11.1. The predicted molar refractivity (Wildman–Crippen MR) is 120 cm³/mol. The summed E-state index contributed by atoms with van der Waals surface area (Å²) in [5.41, 5.74) is 0.948. The molecule has 0 bridgehead atoms. The smallest absolute Gasteiger partial charge is 0.262 e. The molecule has 0 saturated carbocycles. The summed E-state index contributed by atoms with van der Waals surface area (Å²) in [6, 6.07) is 9.44. The van der Waals surface area contributed by atoms with Gasteiger partial charge in [0.25, 0.3) is 5.56 Å². The second kappa shape index (κ2) is 8.98. The molecule has 0 radical (unpaired) electrons. The first-order valence-electron chi connectivity index (χ1n) is 8.96. The van der Waals surface area contributed by atoms with Gasteiger partial charge < -0.3 is 4.98 Å². The van der Waals surface area contributed by atoms with E-state index in [4.69, 9.17) is 0 Å². The van der Waals surface area contributed by atoms with Crippen LogP contribution in [-0.4, -0.2) is 54.4 Å². The molecule has 1 N–H and O–H groups in total. The van der Waals surface area contributed by atoms with Gasteiger partial charge in [0.15, 0.2) is 15.1 Å². The van der Waals surface area contributed by atoms with Gasteiger partial charge in [0, 0.05) is 7.05 Å². The van der Waals surface area contributed by atoms with E-state index < -0.39 is 0 Å². The molecule has 0 aliphatic rings. The summed E-state index contributed by atoms with van der Waals surface area (Å²) >= 11 is 4.11. The number of carbonyl (C=O) groups excluding carboxylic acids is 1. The van der Waals surface area contributed by atoms with Crippen LogP contribution in [0.25, 0.3) is 16.7 Å². The van der Waals surface area contributed by atoms with Gasteiger partial charge >= 0.3 is 0 Å². The quantitative estimate of drug-likeness (QED) is 0.255. The third-order valence-electron chi connectivity index (χ3n) is 4.07. The molecule has 0 aliphatic heterocycles. The summed E-state index contributed by atoms with van der Waals surface area (Å²) < 4.78 is 2.43. The van der Waals surface area contributed by atoms with E-state index in [0.717, 1.165) is 27.5 Å². The first-order chi connectivity index (χ1) is 14.6. The summed E-state index contributed by atoms with van der Waals surface area (Å²) in [7, 11) is 1.66. The molecule has 0 unspecified atom stereocenters. The van der Waals surface area contributed by atoms with E-state index in [9.17, 15) is 9.59 Å². The minimum atomic E-state index is -0.296. The van der Waals surface area contributed by atoms with Gasteiger partial charge in [-0.05, 0) is 17.9 Å². The predicted octanol–water partition coefficient (Wildman–Crippen LogP) is 2.83. The summed E-state index contributed by atoms with van der Waals surface area (Å²) in [5.74, 6) is 0.826. The highest BCUT2D eigenvalue weighted by molar-refractivity contribution is 8.01. The number of thioether (sulfide) groups is 2. The summed E-state index contributed by atoms with van der Waals surface area (Å²) in [6.07, 6.45) is 1.49. The molecule has 0 aliphatic carbocycles. The van der Waals surface area contributed by atoms with Crippen molar-refractivity contribution in [3.05, 3.63) is 46.9 Å². The van der Waals surface area contributed by atoms with E-state index in [1.54, 1.807) is 23.5 Å². The zero-order valence-corrected chi connectivity index (χ0v) is 18.6. The Morgan fingerprint density at radius 2 is 2.03 bits per heavy atom. The van der Waals surface area contributed by atoms with E-state index in [1.165, 1.54) is 22.4 Å². The van der Waals surface area contributed by atoms with Crippen molar-refractivity contribution in [2.45, 2.75) is 16.4 Å². The molecule has 3 heterocycles. The maximum absolute atomic E-state index is 12.6. The number of carbonyl (C=O) groups is 1. The van der Waals surface area contributed by atoms with Gasteiger partial charge in [-0.15, -0.1) is 10.2 Å². The summed E-state index contributed by atoms with van der Waals surface area (Å²) in [5, 5.41) is 13.7. The second-order valence-electron chi connectivity index (χ2n) is 6.03. The van der Waals surface area contributed by atoms with E-state index in [1.807, 2.05) is 37.3 Å². The Morgan fingerprint density at radius 3 is 2.80 bits per heavy atom. The zero-order chi connectivity index (χ0) is 21.1. The fraction of sp³-hybridized carbons (Fsp3) is 0.222. The molecular formula is C18H17N7O2S3. The first-order valence-corrected chi connectivity index (χ1v) is 11.7. The minimum absolute atomic E-state index is 0.0975. The van der Waals surface area contributed by atoms with E-state index in [-0.39, 0.29) is 17.2 Å². The van der Waals surface area contributed by atoms with Gasteiger partial charge in [-0.25, -0.2) is 9.67 Å². The van der Waals surface area contributed by atoms with Crippen molar-refractivity contribution in [2.75, 3.05) is 23.5 Å². The second-order valence-corrected chi connectivity index (χ2v) is 9.46. The Balaban J connectivity index is 1.52. The van der Waals surface area contributed by atoms with Gasteiger partial charge in [-0.1, -0.05) is 60.0 Å². The van der Waals surface area contributed by atoms with Gasteiger partial charge in [-0.2, -0.15) is 5.10 Å². The van der Waals surface area contributed by atoms with Crippen molar-refractivity contribution in [3.63, 3.8) is 0 Å². The van der Waals surface area contributed by atoms with E-state index in [0.29, 0.717) is 21.3 Å². The Labute approximate surface area is 183 Å². The maximum atomic E-state index is 12.6. The molecule has 1 amide bonds. The molecule has 1 aromatic carbocycles. The van der Waals surface area contributed by atoms with E-state index >= 15 is 0 Å². The molecule has 3 aromatic heterocycles. The van der Waals surface area contributed by atoms with E-state index in [2.05, 4.69) is 25.3 Å². The fourth-order valence-corrected chi connectivity index (χ4v) is 5.06. The van der Waals surface area contributed by atoms with Crippen LogP contribution in [0.5, 0.6) is 0 Å². The topological polar surface area (TPSA) is 110 Å². The summed E-state index contributed by atoms with van der Waals surface area (Å²) in [6.45, 7) is 2.03. The molecule has 0 fully saturated rings. The highest BCUT2D eigenvalue weighted by Crippen LogP contribution is 2.27. The van der Waals surface area contributed by atoms with Crippen LogP contribution in [0.1, 0.15) is 6.92 Å². The van der Waals surface area contributed by atoms with Crippen molar-refractivity contribution in [1.82, 2.24) is 29.9 Å². The average molecular weight is 460 g/mol. The number of rotatable bonds is 7. The van der Waals surface area contributed by atoms with Crippen LogP contribution in [0.3, 0.4) is 0 Å². The molecule has 30 heavy (non-hydrogen) atoms. The third-order valence-corrected chi connectivity index (χ3v) is 6.95. The standard InChI is InChI=1S/C18H17N7O2S3/c1-3-28-18-23-22-17(30-18)24(2)13(26)10-29-16-20-14-12(15(27)21-16)9-19-25(14)11-7-5-4-6-8-11/h4-9H,3,10H2,1-2H3,(H,20,21,27). The van der Waals surface area contributed by atoms with Crippen LogP contribution >= 0.6 is 34.9 Å². The van der Waals surface area contributed by atoms with Crippen LogP contribution in [0.2, 0.25) is 0 Å². The van der Waals surface area contributed by atoms with Crippen molar-refractivity contribution >= 4 is 56.9 Å². The zero-order valence-electron chi connectivity index (χ0n) is 16.1. The Morgan fingerprint density at radius 1 is 1.23 bits per heavy atom. The number of anilines is 1. The number of hydrogen-bond acceptors (Lipinski definition) is 9. The number of amides is 1. The molecule has 0 saturated heterocycles. The van der Waals surface area contributed by atoms with Crippen molar-refractivity contribution in [1.29, 1.82) is 0 Å². The molecule has 4 aromatic rings. The first kappa shape index (κ1) is 20.6. The molecule has 0 atom stereocenters. The van der Waals surface area contributed by atoms with Crippen LogP contribution in [0.15, 0.2) is 50.8 Å². The number of nitrogens with one attached hydrogen (secondary N) is 1. The van der Waals surface area contributed by atoms with Gasteiger partial charge in [0.05, 0.1) is 17.6 Å². The number of para-hydroxylation sites is 1. The van der Waals surface area contributed by atoms with Crippen molar-refractivity contribution in [2.24, 2.45) is 0 Å². The number of aromatic amines is 1. The van der Waals surface area contributed by atoms with Crippen molar-refractivity contribution in [3.8, 4) is 5.69 Å². The largest absolute Gasteiger partial charge is 0.301 e. The molecule has 154 valence electrons. The number of benzene rings is 1. The van der Waals surface area contributed by atoms with Crippen LogP contribution in [-0.2, 0) is 4.79 Å². The number of aromatic nitrogens is 6. The average Bonchev–Trinajstić information content (AvgIpc) is 3.40. The molecule has 4 rings (SSSR count). The minimum Gasteiger partial charge on any atom is -0.301 e. The van der Waals surface area contributed by atoms with Crippen LogP contribution < -0.4 is 10.5 Å². The molecule has 12 heteroatoms. The van der Waals surface area contributed by atoms with Crippen LogP contribution in [0.4, 0.5) is 5.13 Å². The SMILES string of the molecule is CCSc1nnc(N(C)C(=O)CSc2nc3c(cnn3-c3ccccc3)c(=O)[nH]2)s1. The number of H-pyrrole nitrogens is 1. The fourth-order valence-electron chi connectivity index (χ4n) is 2.58. The lowest BCUT2D eigenvalue weighted by molar-refractivity contribution is -0.115. The van der Waals surface area contributed by atoms with Gasteiger partial charge in [-0.3, -0.25) is 14.5 Å². The Bertz CT molecular complexity index is 1240. The molecule has 9 nitrogen and oxygen atoms in total. The highest BCUT2D eigenvalue weighted by atomic mass is 32.2. The lowest BCUT2D eigenvalue weighted by Gasteiger charge is -2.12. The van der Waals surface area contributed by atoms with Gasteiger partial charge in [0.2, 0.25) is 11.0 Å². The monoisotopic (exact) mass is 459 g/mol. The molecular weight excluding hydrogens is 442 g/mol. The number of hydrogen-bond donors (Lipinski definition) is 1.